The van der Waals surface area contributed by atoms with Crippen LogP contribution in [0.2, 0.25) is 0 Å². The van der Waals surface area contributed by atoms with Crippen molar-refractivity contribution in [2.24, 2.45) is 5.92 Å². The van der Waals surface area contributed by atoms with E-state index in [0.29, 0.717) is 17.8 Å². The molecule has 108 valence electrons. The van der Waals surface area contributed by atoms with Crippen LogP contribution in [0.5, 0.6) is 0 Å². The molecule has 2 aromatic heterocycles. The van der Waals surface area contributed by atoms with Gasteiger partial charge in [-0.25, -0.2) is 9.97 Å². The van der Waals surface area contributed by atoms with Crippen molar-refractivity contribution in [3.8, 4) is 11.3 Å². The monoisotopic (exact) mass is 273 g/mol. The van der Waals surface area contributed by atoms with Gasteiger partial charge in [-0.15, -0.1) is 0 Å². The fourth-order valence-corrected chi connectivity index (χ4v) is 2.39. The summed E-state index contributed by atoms with van der Waals surface area (Å²) in [6.07, 6.45) is 5.53. The van der Waals surface area contributed by atoms with Gasteiger partial charge in [0, 0.05) is 18.3 Å². The molecule has 2 N–H and O–H groups in total. The van der Waals surface area contributed by atoms with Gasteiger partial charge in [-0.2, -0.15) is 0 Å². The number of nitrogen functional groups attached to an aromatic ring is 1. The second kappa shape index (κ2) is 6.05. The SMILES string of the molecule is CC(C)C(CN(C)C)n1cncc1-c1ccnc(N)c1. The van der Waals surface area contributed by atoms with Gasteiger partial charge in [-0.05, 0) is 32.1 Å². The normalized spacial score (nSPS) is 13.1. The van der Waals surface area contributed by atoms with Crippen molar-refractivity contribution in [2.75, 3.05) is 26.4 Å². The zero-order valence-corrected chi connectivity index (χ0v) is 12.6. The topological polar surface area (TPSA) is 60.0 Å². The van der Waals surface area contributed by atoms with E-state index in [4.69, 9.17) is 5.73 Å². The lowest BCUT2D eigenvalue weighted by Crippen LogP contribution is -2.28. The Bertz CT molecular complexity index is 559. The quantitative estimate of drug-likeness (QED) is 0.908. The van der Waals surface area contributed by atoms with Gasteiger partial charge in [0.25, 0.3) is 0 Å². The van der Waals surface area contributed by atoms with Crippen molar-refractivity contribution in [3.05, 3.63) is 30.9 Å². The molecular weight excluding hydrogens is 250 g/mol. The molecule has 1 unspecified atom stereocenters. The fraction of sp³-hybridized carbons (Fsp3) is 0.467. The van der Waals surface area contributed by atoms with Crippen molar-refractivity contribution in [2.45, 2.75) is 19.9 Å². The van der Waals surface area contributed by atoms with E-state index in [9.17, 15) is 0 Å². The standard InChI is InChI=1S/C15H23N5/c1-11(2)14(9-19(3)4)20-10-17-8-13(20)12-5-6-18-15(16)7-12/h5-8,10-11,14H,9H2,1-4H3,(H2,16,18). The molecule has 0 amide bonds. The van der Waals surface area contributed by atoms with E-state index in [1.165, 1.54) is 0 Å². The Balaban J connectivity index is 2.40. The Morgan fingerprint density at radius 1 is 1.35 bits per heavy atom. The molecule has 5 nitrogen and oxygen atoms in total. The van der Waals surface area contributed by atoms with Crippen molar-refractivity contribution >= 4 is 5.82 Å². The molecule has 5 heteroatoms. The van der Waals surface area contributed by atoms with Crippen LogP contribution in [-0.4, -0.2) is 40.1 Å². The summed E-state index contributed by atoms with van der Waals surface area (Å²) in [4.78, 5) is 10.6. The Morgan fingerprint density at radius 2 is 2.10 bits per heavy atom. The van der Waals surface area contributed by atoms with E-state index in [1.807, 2.05) is 24.7 Å². The van der Waals surface area contributed by atoms with E-state index < -0.39 is 0 Å². The number of anilines is 1. The summed E-state index contributed by atoms with van der Waals surface area (Å²) in [6.45, 7) is 5.44. The lowest BCUT2D eigenvalue weighted by Gasteiger charge is -2.27. The molecule has 20 heavy (non-hydrogen) atoms. The first kappa shape index (κ1) is 14.5. The minimum absolute atomic E-state index is 0.372. The minimum Gasteiger partial charge on any atom is -0.384 e. The molecule has 0 fully saturated rings. The van der Waals surface area contributed by atoms with Crippen LogP contribution < -0.4 is 5.73 Å². The average Bonchev–Trinajstić information content (AvgIpc) is 2.84. The average molecular weight is 273 g/mol. The van der Waals surface area contributed by atoms with Crippen molar-refractivity contribution in [1.29, 1.82) is 0 Å². The highest BCUT2D eigenvalue weighted by molar-refractivity contribution is 5.61. The molecule has 0 radical (unpaired) electrons. The predicted octanol–water partition coefficient (Wildman–Crippen LogP) is 2.29. The Labute approximate surface area is 120 Å². The predicted molar refractivity (Wildman–Crippen MR) is 82.3 cm³/mol. The number of rotatable bonds is 5. The maximum Gasteiger partial charge on any atom is 0.123 e. The van der Waals surface area contributed by atoms with Crippen LogP contribution in [0.4, 0.5) is 5.82 Å². The summed E-state index contributed by atoms with van der Waals surface area (Å²) in [6, 6.07) is 4.23. The van der Waals surface area contributed by atoms with Gasteiger partial charge in [0.05, 0.1) is 24.3 Å². The first-order valence-corrected chi connectivity index (χ1v) is 6.87. The Kier molecular flexibility index (Phi) is 4.39. The molecule has 0 aliphatic carbocycles. The number of hydrogen-bond acceptors (Lipinski definition) is 4. The van der Waals surface area contributed by atoms with Crippen LogP contribution in [-0.2, 0) is 0 Å². The number of nitrogens with two attached hydrogens (primary N) is 1. The number of nitrogens with zero attached hydrogens (tertiary/aromatic N) is 4. The third-order valence-electron chi connectivity index (χ3n) is 3.42. The summed E-state index contributed by atoms with van der Waals surface area (Å²) >= 11 is 0. The molecule has 0 aromatic carbocycles. The molecule has 0 saturated carbocycles. The number of imidazole rings is 1. The second-order valence-electron chi connectivity index (χ2n) is 5.73. The first-order chi connectivity index (χ1) is 9.49. The zero-order chi connectivity index (χ0) is 14.7. The van der Waals surface area contributed by atoms with E-state index in [0.717, 1.165) is 17.8 Å². The molecule has 0 spiro atoms. The van der Waals surface area contributed by atoms with Gasteiger partial charge >= 0.3 is 0 Å². The molecule has 1 atom stereocenters. The zero-order valence-electron chi connectivity index (χ0n) is 12.6. The maximum atomic E-state index is 5.78. The number of pyridine rings is 1. The highest BCUT2D eigenvalue weighted by Gasteiger charge is 2.19. The number of hydrogen-bond donors (Lipinski definition) is 1. The van der Waals surface area contributed by atoms with Crippen LogP contribution in [0, 0.1) is 5.92 Å². The Morgan fingerprint density at radius 3 is 2.70 bits per heavy atom. The largest absolute Gasteiger partial charge is 0.384 e. The van der Waals surface area contributed by atoms with Crippen LogP contribution >= 0.6 is 0 Å². The van der Waals surface area contributed by atoms with Crippen LogP contribution in [0.25, 0.3) is 11.3 Å². The van der Waals surface area contributed by atoms with Crippen LogP contribution in [0.3, 0.4) is 0 Å². The fourth-order valence-electron chi connectivity index (χ4n) is 2.39. The van der Waals surface area contributed by atoms with Crippen molar-refractivity contribution in [3.63, 3.8) is 0 Å². The lowest BCUT2D eigenvalue weighted by atomic mass is 10.0. The molecule has 2 aromatic rings. The highest BCUT2D eigenvalue weighted by Crippen LogP contribution is 2.27. The van der Waals surface area contributed by atoms with Crippen molar-refractivity contribution < 1.29 is 0 Å². The van der Waals surface area contributed by atoms with Gasteiger partial charge in [0.1, 0.15) is 5.82 Å². The van der Waals surface area contributed by atoms with E-state index >= 15 is 0 Å². The van der Waals surface area contributed by atoms with Crippen molar-refractivity contribution in [1.82, 2.24) is 19.4 Å². The third-order valence-corrected chi connectivity index (χ3v) is 3.42. The molecular formula is C15H23N5. The highest BCUT2D eigenvalue weighted by atomic mass is 15.1. The van der Waals surface area contributed by atoms with Gasteiger partial charge in [0.15, 0.2) is 0 Å². The maximum absolute atomic E-state index is 5.78. The summed E-state index contributed by atoms with van der Waals surface area (Å²) in [5.41, 5.74) is 7.92. The molecule has 2 heterocycles. The number of aromatic nitrogens is 3. The van der Waals surface area contributed by atoms with Crippen LogP contribution in [0.15, 0.2) is 30.9 Å². The molecule has 2 rings (SSSR count). The van der Waals surface area contributed by atoms with E-state index in [1.54, 1.807) is 6.20 Å². The molecule has 0 bridgehead atoms. The van der Waals surface area contributed by atoms with E-state index in [-0.39, 0.29) is 0 Å². The van der Waals surface area contributed by atoms with Gasteiger partial charge in [-0.3, -0.25) is 0 Å². The molecule has 0 saturated heterocycles. The smallest absolute Gasteiger partial charge is 0.123 e. The summed E-state index contributed by atoms with van der Waals surface area (Å²) in [5.74, 6) is 1.05. The minimum atomic E-state index is 0.372. The van der Waals surface area contributed by atoms with Gasteiger partial charge < -0.3 is 15.2 Å². The number of likely N-dealkylation sites (N-methyl/N-ethyl adjacent to an activating group) is 1. The van der Waals surface area contributed by atoms with Gasteiger partial charge in [-0.1, -0.05) is 13.8 Å². The second-order valence-corrected chi connectivity index (χ2v) is 5.73. The van der Waals surface area contributed by atoms with Crippen LogP contribution in [0.1, 0.15) is 19.9 Å². The first-order valence-electron chi connectivity index (χ1n) is 6.87. The molecule has 0 aliphatic rings. The summed E-state index contributed by atoms with van der Waals surface area (Å²) in [7, 11) is 4.19. The summed E-state index contributed by atoms with van der Waals surface area (Å²) < 4.78 is 2.24. The lowest BCUT2D eigenvalue weighted by molar-refractivity contribution is 0.270. The molecule has 0 aliphatic heterocycles. The summed E-state index contributed by atoms with van der Waals surface area (Å²) in [5, 5.41) is 0. The third kappa shape index (κ3) is 3.17. The van der Waals surface area contributed by atoms with Gasteiger partial charge in [0.2, 0.25) is 0 Å². The Hall–Kier alpha value is -1.88. The van der Waals surface area contributed by atoms with E-state index in [2.05, 4.69) is 47.4 Å².